The number of benzene rings is 1. The third kappa shape index (κ3) is 4.31. The molecule has 3 aromatic rings. The number of halogens is 1. The number of aryl methyl sites for hydroxylation is 1. The summed E-state index contributed by atoms with van der Waals surface area (Å²) in [6.07, 6.45) is 3.43. The van der Waals surface area contributed by atoms with Crippen LogP contribution in [0.25, 0.3) is 11.3 Å². The van der Waals surface area contributed by atoms with Crippen LogP contribution in [0.5, 0.6) is 0 Å². The number of rotatable bonds is 5. The third-order valence-electron chi connectivity index (χ3n) is 3.38. The topological polar surface area (TPSA) is 88.9 Å². The Bertz CT molecular complexity index is 966. The largest absolute Gasteiger partial charge is 0.326 e. The molecule has 2 aromatic heterocycles. The van der Waals surface area contributed by atoms with Gasteiger partial charge in [0, 0.05) is 29.8 Å². The van der Waals surface area contributed by atoms with E-state index in [1.807, 2.05) is 6.92 Å². The molecule has 0 radical (unpaired) electrons. The minimum Gasteiger partial charge on any atom is -0.326 e. The van der Waals surface area contributed by atoms with Gasteiger partial charge in [0.15, 0.2) is 5.13 Å². The third-order valence-corrected chi connectivity index (χ3v) is 4.14. The van der Waals surface area contributed by atoms with E-state index in [4.69, 9.17) is 0 Å². The summed E-state index contributed by atoms with van der Waals surface area (Å²) in [5, 5.41) is 11.3. The average molecular weight is 373 g/mol. The Hall–Kier alpha value is -3.07. The van der Waals surface area contributed by atoms with Crippen LogP contribution in [0.15, 0.2) is 36.0 Å². The van der Waals surface area contributed by atoms with E-state index in [0.717, 1.165) is 5.56 Å². The summed E-state index contributed by atoms with van der Waals surface area (Å²) < 4.78 is 15.8. The molecule has 3 rings (SSSR count). The van der Waals surface area contributed by atoms with Crippen LogP contribution in [0.4, 0.5) is 15.2 Å². The molecule has 0 fully saturated rings. The molecule has 134 valence electrons. The molecule has 7 nitrogen and oxygen atoms in total. The molecule has 0 saturated heterocycles. The SMILES string of the molecule is CC(=O)Nc1ccc(-c2csc(NC(=O)Cn3cc(C)cn3)n2)c(F)c1. The van der Waals surface area contributed by atoms with Crippen LogP contribution >= 0.6 is 11.3 Å². The van der Waals surface area contributed by atoms with Gasteiger partial charge in [-0.05, 0) is 30.7 Å². The monoisotopic (exact) mass is 373 g/mol. The Labute approximate surface area is 152 Å². The van der Waals surface area contributed by atoms with Gasteiger partial charge in [0.25, 0.3) is 0 Å². The van der Waals surface area contributed by atoms with Crippen LogP contribution in [0.3, 0.4) is 0 Å². The summed E-state index contributed by atoms with van der Waals surface area (Å²) in [6, 6.07) is 4.36. The van der Waals surface area contributed by atoms with E-state index >= 15 is 0 Å². The number of hydrogen-bond donors (Lipinski definition) is 2. The second-order valence-corrected chi connectivity index (χ2v) is 6.54. The number of thiazole rings is 1. The maximum Gasteiger partial charge on any atom is 0.247 e. The molecule has 2 amide bonds. The van der Waals surface area contributed by atoms with Crippen LogP contribution in [0.1, 0.15) is 12.5 Å². The maximum atomic E-state index is 14.3. The van der Waals surface area contributed by atoms with E-state index in [-0.39, 0.29) is 18.4 Å². The van der Waals surface area contributed by atoms with E-state index < -0.39 is 5.82 Å². The predicted octanol–water partition coefficient (Wildman–Crippen LogP) is 3.05. The minimum absolute atomic E-state index is 0.0720. The zero-order valence-corrected chi connectivity index (χ0v) is 14.9. The zero-order chi connectivity index (χ0) is 18.7. The molecular weight excluding hydrogens is 357 g/mol. The Kier molecular flexibility index (Phi) is 5.08. The summed E-state index contributed by atoms with van der Waals surface area (Å²) in [7, 11) is 0. The lowest BCUT2D eigenvalue weighted by molar-refractivity contribution is -0.117. The van der Waals surface area contributed by atoms with Gasteiger partial charge in [-0.1, -0.05) is 0 Å². The molecular formula is C17H16FN5O2S. The molecule has 2 N–H and O–H groups in total. The van der Waals surface area contributed by atoms with Crippen molar-refractivity contribution in [3.8, 4) is 11.3 Å². The van der Waals surface area contributed by atoms with Crippen molar-refractivity contribution in [1.29, 1.82) is 0 Å². The molecule has 0 aliphatic carbocycles. The second-order valence-electron chi connectivity index (χ2n) is 5.68. The highest BCUT2D eigenvalue weighted by Crippen LogP contribution is 2.28. The number of carbonyl (C=O) groups excluding carboxylic acids is 2. The van der Waals surface area contributed by atoms with Crippen molar-refractivity contribution in [2.75, 3.05) is 10.6 Å². The normalized spacial score (nSPS) is 10.6. The van der Waals surface area contributed by atoms with Gasteiger partial charge in [0.05, 0.1) is 11.9 Å². The summed E-state index contributed by atoms with van der Waals surface area (Å²) in [5.74, 6) is -1.05. The van der Waals surface area contributed by atoms with Crippen molar-refractivity contribution in [3.05, 3.63) is 47.4 Å². The molecule has 0 aliphatic rings. The standard InChI is InChI=1S/C17H16FN5O2S/c1-10-6-19-23(7-10)8-16(25)22-17-21-15(9-26-17)13-4-3-12(5-14(13)18)20-11(2)24/h3-7,9H,8H2,1-2H3,(H,20,24)(H,21,22,25). The number of amides is 2. The van der Waals surface area contributed by atoms with E-state index in [1.54, 1.807) is 23.8 Å². The van der Waals surface area contributed by atoms with Crippen LogP contribution in [0.2, 0.25) is 0 Å². The van der Waals surface area contributed by atoms with Gasteiger partial charge >= 0.3 is 0 Å². The van der Waals surface area contributed by atoms with E-state index in [0.29, 0.717) is 22.1 Å². The molecule has 0 atom stereocenters. The summed E-state index contributed by atoms with van der Waals surface area (Å²) >= 11 is 1.20. The highest BCUT2D eigenvalue weighted by atomic mass is 32.1. The highest BCUT2D eigenvalue weighted by molar-refractivity contribution is 7.14. The van der Waals surface area contributed by atoms with E-state index in [2.05, 4.69) is 20.7 Å². The van der Waals surface area contributed by atoms with Gasteiger partial charge in [0.2, 0.25) is 11.8 Å². The lowest BCUT2D eigenvalue weighted by Crippen LogP contribution is -2.18. The number of nitrogens with one attached hydrogen (secondary N) is 2. The Morgan fingerprint density at radius 2 is 2.12 bits per heavy atom. The molecule has 9 heteroatoms. The van der Waals surface area contributed by atoms with E-state index in [9.17, 15) is 14.0 Å². The number of hydrogen-bond acceptors (Lipinski definition) is 5. The van der Waals surface area contributed by atoms with Gasteiger partial charge in [-0.2, -0.15) is 5.10 Å². The van der Waals surface area contributed by atoms with Crippen molar-refractivity contribution in [3.63, 3.8) is 0 Å². The molecule has 0 spiro atoms. The van der Waals surface area contributed by atoms with Crippen LogP contribution in [-0.4, -0.2) is 26.6 Å². The van der Waals surface area contributed by atoms with Crippen molar-refractivity contribution >= 4 is 34.0 Å². The molecule has 2 heterocycles. The van der Waals surface area contributed by atoms with Crippen LogP contribution in [-0.2, 0) is 16.1 Å². The van der Waals surface area contributed by atoms with Gasteiger partial charge < -0.3 is 10.6 Å². The first kappa shape index (κ1) is 17.7. The minimum atomic E-state index is -0.508. The van der Waals surface area contributed by atoms with Crippen LogP contribution in [0, 0.1) is 12.7 Å². The summed E-state index contributed by atoms with van der Waals surface area (Å²) in [4.78, 5) is 27.3. The fraction of sp³-hybridized carbons (Fsp3) is 0.176. The quantitative estimate of drug-likeness (QED) is 0.719. The molecule has 0 saturated carbocycles. The molecule has 1 aromatic carbocycles. The Morgan fingerprint density at radius 1 is 1.31 bits per heavy atom. The summed E-state index contributed by atoms with van der Waals surface area (Å²) in [6.45, 7) is 3.31. The lowest BCUT2D eigenvalue weighted by Gasteiger charge is -2.05. The molecule has 0 unspecified atom stereocenters. The van der Waals surface area contributed by atoms with Crippen molar-refractivity contribution < 1.29 is 14.0 Å². The Balaban J connectivity index is 1.69. The van der Waals surface area contributed by atoms with Gasteiger partial charge in [-0.15, -0.1) is 11.3 Å². The molecule has 26 heavy (non-hydrogen) atoms. The number of aromatic nitrogens is 3. The van der Waals surface area contributed by atoms with Crippen molar-refractivity contribution in [2.45, 2.75) is 20.4 Å². The van der Waals surface area contributed by atoms with Crippen molar-refractivity contribution in [2.24, 2.45) is 0 Å². The molecule has 0 aliphatic heterocycles. The fourth-order valence-electron chi connectivity index (χ4n) is 2.32. The summed E-state index contributed by atoms with van der Waals surface area (Å²) in [5.41, 5.74) is 2.04. The first-order chi connectivity index (χ1) is 12.4. The fourth-order valence-corrected chi connectivity index (χ4v) is 3.04. The number of carbonyl (C=O) groups is 2. The van der Waals surface area contributed by atoms with E-state index in [1.165, 1.54) is 35.1 Å². The maximum absolute atomic E-state index is 14.3. The number of anilines is 2. The van der Waals surface area contributed by atoms with Gasteiger partial charge in [0.1, 0.15) is 12.4 Å². The predicted molar refractivity (Wildman–Crippen MR) is 97.4 cm³/mol. The Morgan fingerprint density at radius 3 is 2.77 bits per heavy atom. The highest BCUT2D eigenvalue weighted by Gasteiger charge is 2.13. The molecule has 0 bridgehead atoms. The van der Waals surface area contributed by atoms with Gasteiger partial charge in [-0.3, -0.25) is 14.3 Å². The first-order valence-corrected chi connectivity index (χ1v) is 8.60. The zero-order valence-electron chi connectivity index (χ0n) is 14.1. The lowest BCUT2D eigenvalue weighted by atomic mass is 10.1. The van der Waals surface area contributed by atoms with Crippen LogP contribution < -0.4 is 10.6 Å². The second kappa shape index (κ2) is 7.44. The van der Waals surface area contributed by atoms with Gasteiger partial charge in [-0.25, -0.2) is 9.37 Å². The average Bonchev–Trinajstić information content (AvgIpc) is 3.16. The number of nitrogens with zero attached hydrogens (tertiary/aromatic N) is 3. The van der Waals surface area contributed by atoms with Crippen molar-refractivity contribution in [1.82, 2.24) is 14.8 Å². The first-order valence-electron chi connectivity index (χ1n) is 7.72. The smallest absolute Gasteiger partial charge is 0.247 e.